The van der Waals surface area contributed by atoms with Crippen LogP contribution in [0.15, 0.2) is 18.5 Å². The van der Waals surface area contributed by atoms with Crippen LogP contribution >= 0.6 is 0 Å². The molecule has 1 aliphatic rings. The van der Waals surface area contributed by atoms with Crippen molar-refractivity contribution < 1.29 is 8.42 Å². The van der Waals surface area contributed by atoms with Crippen molar-refractivity contribution in [1.82, 2.24) is 10.3 Å². The van der Waals surface area contributed by atoms with E-state index in [1.807, 2.05) is 18.5 Å². The molecule has 1 saturated carbocycles. The minimum absolute atomic E-state index is 0.186. The Balaban J connectivity index is 2.24. The predicted molar refractivity (Wildman–Crippen MR) is 86.0 cm³/mol. The lowest BCUT2D eigenvalue weighted by molar-refractivity contribution is 0.274. The molecular weight excluding hydrogens is 284 g/mol. The van der Waals surface area contributed by atoms with Gasteiger partial charge >= 0.3 is 0 Å². The molecule has 21 heavy (non-hydrogen) atoms. The van der Waals surface area contributed by atoms with Crippen molar-refractivity contribution in [3.8, 4) is 0 Å². The van der Waals surface area contributed by atoms with Gasteiger partial charge in [0.25, 0.3) is 0 Å². The molecule has 5 heteroatoms. The lowest BCUT2D eigenvalue weighted by Gasteiger charge is -2.35. The van der Waals surface area contributed by atoms with Crippen LogP contribution in [0.3, 0.4) is 0 Å². The van der Waals surface area contributed by atoms with Crippen LogP contribution in [0.2, 0.25) is 0 Å². The second-order valence-electron chi connectivity index (χ2n) is 6.15. The zero-order valence-corrected chi connectivity index (χ0v) is 14.0. The summed E-state index contributed by atoms with van der Waals surface area (Å²) in [6.45, 7) is 5.06. The molecule has 0 bridgehead atoms. The van der Waals surface area contributed by atoms with Crippen molar-refractivity contribution in [2.75, 3.05) is 12.8 Å². The summed E-state index contributed by atoms with van der Waals surface area (Å²) in [4.78, 5) is 4.25. The molecule has 0 aliphatic heterocycles. The lowest BCUT2D eigenvalue weighted by atomic mass is 9.80. The number of rotatable bonds is 5. The summed E-state index contributed by atoms with van der Waals surface area (Å²) in [5, 5.41) is 3.36. The molecule has 0 amide bonds. The Morgan fingerprint density at radius 1 is 1.43 bits per heavy atom. The standard InChI is InChI=1S/C16H26N2O2S/c1-4-18-16(15-11-17-9-8-12(15)2)13-6-5-7-14(10-13)21(3,19)20/h8-9,11,13-14,16,18H,4-7,10H2,1-3H3. The highest BCUT2D eigenvalue weighted by atomic mass is 32.2. The molecule has 1 aromatic heterocycles. The van der Waals surface area contributed by atoms with Gasteiger partial charge in [-0.15, -0.1) is 0 Å². The summed E-state index contributed by atoms with van der Waals surface area (Å²) in [6, 6.07) is 2.23. The summed E-state index contributed by atoms with van der Waals surface area (Å²) < 4.78 is 23.8. The average molecular weight is 310 g/mol. The first-order valence-corrected chi connectivity index (χ1v) is 9.71. The average Bonchev–Trinajstić information content (AvgIpc) is 2.45. The second-order valence-corrected chi connectivity index (χ2v) is 8.47. The van der Waals surface area contributed by atoms with Gasteiger partial charge in [-0.3, -0.25) is 4.98 Å². The second kappa shape index (κ2) is 6.88. The molecule has 1 heterocycles. The van der Waals surface area contributed by atoms with Crippen molar-refractivity contribution in [1.29, 1.82) is 0 Å². The molecule has 3 atom stereocenters. The van der Waals surface area contributed by atoms with E-state index in [-0.39, 0.29) is 11.3 Å². The number of hydrogen-bond acceptors (Lipinski definition) is 4. The van der Waals surface area contributed by atoms with Crippen LogP contribution < -0.4 is 5.32 Å². The molecule has 1 N–H and O–H groups in total. The topological polar surface area (TPSA) is 59.1 Å². The molecule has 0 aromatic carbocycles. The van der Waals surface area contributed by atoms with Gasteiger partial charge in [-0.2, -0.15) is 0 Å². The number of nitrogens with one attached hydrogen (secondary N) is 1. The predicted octanol–water partition coefficient (Wildman–Crippen LogP) is 2.64. The third kappa shape index (κ3) is 4.04. The van der Waals surface area contributed by atoms with Crippen LogP contribution in [0.1, 0.15) is 49.8 Å². The fraction of sp³-hybridized carbons (Fsp3) is 0.688. The van der Waals surface area contributed by atoms with Crippen molar-refractivity contribution in [3.05, 3.63) is 29.6 Å². The van der Waals surface area contributed by atoms with E-state index >= 15 is 0 Å². The van der Waals surface area contributed by atoms with Gasteiger partial charge in [0.05, 0.1) is 5.25 Å². The molecular formula is C16H26N2O2S. The van der Waals surface area contributed by atoms with Gasteiger partial charge in [0, 0.05) is 24.7 Å². The molecule has 4 nitrogen and oxygen atoms in total. The molecule has 1 aromatic rings. The van der Waals surface area contributed by atoms with E-state index in [0.717, 1.165) is 32.2 Å². The zero-order valence-electron chi connectivity index (χ0n) is 13.2. The first kappa shape index (κ1) is 16.4. The van der Waals surface area contributed by atoms with E-state index in [0.29, 0.717) is 5.92 Å². The molecule has 0 radical (unpaired) electrons. The van der Waals surface area contributed by atoms with Crippen molar-refractivity contribution in [3.63, 3.8) is 0 Å². The lowest BCUT2D eigenvalue weighted by Crippen LogP contribution is -2.36. The van der Waals surface area contributed by atoms with Crippen LogP contribution in [0, 0.1) is 12.8 Å². The Morgan fingerprint density at radius 3 is 2.81 bits per heavy atom. The number of aryl methyl sites for hydroxylation is 1. The van der Waals surface area contributed by atoms with Crippen molar-refractivity contribution in [2.45, 2.75) is 50.8 Å². The first-order chi connectivity index (χ1) is 9.93. The minimum atomic E-state index is -2.94. The molecule has 0 saturated heterocycles. The molecule has 2 rings (SSSR count). The van der Waals surface area contributed by atoms with Crippen LogP contribution in [0.25, 0.3) is 0 Å². The van der Waals surface area contributed by atoms with E-state index in [1.165, 1.54) is 17.4 Å². The van der Waals surface area contributed by atoms with Gasteiger partial charge in [-0.25, -0.2) is 8.42 Å². The normalized spacial score (nSPS) is 24.7. The summed E-state index contributed by atoms with van der Waals surface area (Å²) in [6.07, 6.45) is 8.74. The molecule has 1 aliphatic carbocycles. The van der Waals surface area contributed by atoms with E-state index in [9.17, 15) is 8.42 Å². The molecule has 118 valence electrons. The Kier molecular flexibility index (Phi) is 5.38. The van der Waals surface area contributed by atoms with Gasteiger partial charge in [-0.05, 0) is 55.8 Å². The smallest absolute Gasteiger partial charge is 0.150 e. The van der Waals surface area contributed by atoms with Crippen LogP contribution in [-0.2, 0) is 9.84 Å². The van der Waals surface area contributed by atoms with Crippen molar-refractivity contribution >= 4 is 9.84 Å². The molecule has 0 spiro atoms. The van der Waals surface area contributed by atoms with Crippen LogP contribution in [0.4, 0.5) is 0 Å². The van der Waals surface area contributed by atoms with Gasteiger partial charge in [0.2, 0.25) is 0 Å². The highest BCUT2D eigenvalue weighted by Crippen LogP contribution is 2.37. The maximum atomic E-state index is 11.9. The van der Waals surface area contributed by atoms with E-state index in [4.69, 9.17) is 0 Å². The first-order valence-electron chi connectivity index (χ1n) is 7.76. The number of sulfone groups is 1. The third-order valence-corrected chi connectivity index (χ3v) is 6.22. The van der Waals surface area contributed by atoms with Gasteiger partial charge in [-0.1, -0.05) is 13.3 Å². The van der Waals surface area contributed by atoms with E-state index in [2.05, 4.69) is 24.1 Å². The fourth-order valence-electron chi connectivity index (χ4n) is 3.42. The highest BCUT2D eigenvalue weighted by Gasteiger charge is 2.33. The summed E-state index contributed by atoms with van der Waals surface area (Å²) in [5.41, 5.74) is 2.43. The quantitative estimate of drug-likeness (QED) is 0.908. The Morgan fingerprint density at radius 2 is 2.19 bits per heavy atom. The van der Waals surface area contributed by atoms with E-state index < -0.39 is 9.84 Å². The van der Waals surface area contributed by atoms with Crippen LogP contribution in [0.5, 0.6) is 0 Å². The Labute approximate surface area is 128 Å². The summed E-state index contributed by atoms with van der Waals surface area (Å²) >= 11 is 0. The van der Waals surface area contributed by atoms with Crippen molar-refractivity contribution in [2.24, 2.45) is 5.92 Å². The number of hydrogen-bond donors (Lipinski definition) is 1. The minimum Gasteiger partial charge on any atom is -0.310 e. The zero-order chi connectivity index (χ0) is 15.5. The van der Waals surface area contributed by atoms with Gasteiger partial charge in [0.1, 0.15) is 9.84 Å². The van der Waals surface area contributed by atoms with Crippen LogP contribution in [-0.4, -0.2) is 31.5 Å². The SMILES string of the molecule is CCNC(c1cnccc1C)C1CCCC(S(C)(=O)=O)C1. The van der Waals surface area contributed by atoms with Gasteiger partial charge in [0.15, 0.2) is 0 Å². The Hall–Kier alpha value is -0.940. The summed E-state index contributed by atoms with van der Waals surface area (Å²) in [7, 11) is -2.94. The largest absolute Gasteiger partial charge is 0.310 e. The maximum Gasteiger partial charge on any atom is 0.150 e. The fourth-order valence-corrected chi connectivity index (χ4v) is 4.62. The summed E-state index contributed by atoms with van der Waals surface area (Å²) in [5.74, 6) is 0.362. The monoisotopic (exact) mass is 310 g/mol. The van der Waals surface area contributed by atoms with E-state index in [1.54, 1.807) is 0 Å². The third-order valence-electron chi connectivity index (χ3n) is 4.58. The molecule has 1 fully saturated rings. The Bertz CT molecular complexity index is 571. The van der Waals surface area contributed by atoms with Gasteiger partial charge < -0.3 is 5.32 Å². The highest BCUT2D eigenvalue weighted by molar-refractivity contribution is 7.91. The maximum absolute atomic E-state index is 11.9. The number of nitrogens with zero attached hydrogens (tertiary/aromatic N) is 1. The number of aromatic nitrogens is 1. The molecule has 3 unspecified atom stereocenters. The number of pyridine rings is 1.